The average molecular weight is 578 g/mol. The van der Waals surface area contributed by atoms with Crippen molar-refractivity contribution in [1.29, 1.82) is 0 Å². The summed E-state index contributed by atoms with van der Waals surface area (Å²) in [5.41, 5.74) is 2.05. The maximum atomic E-state index is 13.4. The van der Waals surface area contributed by atoms with Gasteiger partial charge in [-0.3, -0.25) is 14.4 Å². The third kappa shape index (κ3) is 7.69. The Morgan fingerprint density at radius 1 is 1.05 bits per heavy atom. The minimum Gasteiger partial charge on any atom is -0.483 e. The van der Waals surface area contributed by atoms with Crippen LogP contribution in [0, 0.1) is 0 Å². The van der Waals surface area contributed by atoms with E-state index in [9.17, 15) is 22.8 Å². The first kappa shape index (κ1) is 30.2. The minimum absolute atomic E-state index is 0.0114. The fourth-order valence-corrected chi connectivity index (χ4v) is 5.98. The van der Waals surface area contributed by atoms with Crippen LogP contribution in [0.15, 0.2) is 48.5 Å². The number of carbonyl (C=O) groups is 3. The third-order valence-electron chi connectivity index (χ3n) is 7.85. The number of likely N-dealkylation sites (tertiary alicyclic amines) is 1. The van der Waals surface area contributed by atoms with Crippen LogP contribution in [0.3, 0.4) is 0 Å². The van der Waals surface area contributed by atoms with Gasteiger partial charge in [0.05, 0.1) is 24.8 Å². The summed E-state index contributed by atoms with van der Waals surface area (Å²) in [5, 5.41) is 10.1. The van der Waals surface area contributed by atoms with Crippen LogP contribution in [0.5, 0.6) is 5.75 Å². The number of anilines is 1. The molecular formula is C29H34F3N3O6. The Morgan fingerprint density at radius 2 is 1.71 bits per heavy atom. The first-order valence-corrected chi connectivity index (χ1v) is 13.6. The van der Waals surface area contributed by atoms with Gasteiger partial charge in [-0.1, -0.05) is 12.1 Å². The molecule has 2 atom stereocenters. The van der Waals surface area contributed by atoms with Crippen molar-refractivity contribution in [3.63, 3.8) is 0 Å². The average Bonchev–Trinajstić information content (AvgIpc) is 3.51. The van der Waals surface area contributed by atoms with Gasteiger partial charge in [-0.25, -0.2) is 0 Å². The van der Waals surface area contributed by atoms with E-state index in [0.29, 0.717) is 38.2 Å². The second-order valence-corrected chi connectivity index (χ2v) is 10.3. The standard InChI is InChI=1S/C28H32F3N3O4.CH2O2/c29-28(30,31)38-23-10-3-20(4-11-23)5-12-25(35)32-27-13-1-2-24(27)34(15-14-27)26(36)21-6-8-22(9-7-21)33-16-18-37-19-17-33;2-1-3/h3-4,6-11,24H,1-2,5,12-19H2,(H,32,35);1H,(H,2,3)/t24-,27+;/m0./s1. The van der Waals surface area contributed by atoms with Gasteiger partial charge in [-0.2, -0.15) is 0 Å². The van der Waals surface area contributed by atoms with E-state index in [2.05, 4.69) is 15.0 Å². The Hall–Kier alpha value is -3.80. The molecule has 2 aromatic rings. The lowest BCUT2D eigenvalue weighted by Crippen LogP contribution is -2.54. The van der Waals surface area contributed by atoms with Crippen molar-refractivity contribution >= 4 is 24.0 Å². The van der Waals surface area contributed by atoms with Crippen molar-refractivity contribution in [2.24, 2.45) is 0 Å². The third-order valence-corrected chi connectivity index (χ3v) is 7.85. The summed E-state index contributed by atoms with van der Waals surface area (Å²) in [6.07, 6.45) is -0.801. The largest absolute Gasteiger partial charge is 0.573 e. The van der Waals surface area contributed by atoms with Crippen molar-refractivity contribution in [3.8, 4) is 5.75 Å². The Labute approximate surface area is 236 Å². The Bertz CT molecular complexity index is 1190. The highest BCUT2D eigenvalue weighted by Gasteiger charge is 2.52. The van der Waals surface area contributed by atoms with Gasteiger partial charge in [-0.15, -0.1) is 13.2 Å². The Kier molecular flexibility index (Phi) is 9.74. The summed E-state index contributed by atoms with van der Waals surface area (Å²) in [4.78, 5) is 38.8. The number of amides is 2. The quantitative estimate of drug-likeness (QED) is 0.479. The van der Waals surface area contributed by atoms with Crippen molar-refractivity contribution in [3.05, 3.63) is 59.7 Å². The molecule has 2 aliphatic heterocycles. The highest BCUT2D eigenvalue weighted by molar-refractivity contribution is 5.95. The number of morpholine rings is 1. The molecule has 222 valence electrons. The minimum atomic E-state index is -4.73. The molecule has 2 N–H and O–H groups in total. The molecule has 1 saturated carbocycles. The second-order valence-electron chi connectivity index (χ2n) is 10.3. The fraction of sp³-hybridized carbons (Fsp3) is 0.483. The van der Waals surface area contributed by atoms with Crippen molar-refractivity contribution in [2.45, 2.75) is 56.5 Å². The van der Waals surface area contributed by atoms with E-state index < -0.39 is 11.9 Å². The molecule has 0 bridgehead atoms. The number of carboxylic acid groups (broad SMARTS) is 1. The van der Waals surface area contributed by atoms with Crippen molar-refractivity contribution < 1.29 is 42.1 Å². The molecule has 2 saturated heterocycles. The summed E-state index contributed by atoms with van der Waals surface area (Å²) in [6.45, 7) is 3.42. The maximum Gasteiger partial charge on any atom is 0.573 e. The molecule has 9 nitrogen and oxygen atoms in total. The summed E-state index contributed by atoms with van der Waals surface area (Å²) in [7, 11) is 0. The molecule has 5 rings (SSSR count). The zero-order chi connectivity index (χ0) is 29.5. The lowest BCUT2D eigenvalue weighted by Gasteiger charge is -2.33. The topological polar surface area (TPSA) is 108 Å². The van der Waals surface area contributed by atoms with Gasteiger partial charge in [0.15, 0.2) is 0 Å². The van der Waals surface area contributed by atoms with E-state index in [1.165, 1.54) is 24.3 Å². The van der Waals surface area contributed by atoms with Crippen molar-refractivity contribution in [2.75, 3.05) is 37.7 Å². The van der Waals surface area contributed by atoms with Gasteiger partial charge >= 0.3 is 6.36 Å². The molecule has 0 spiro atoms. The summed E-state index contributed by atoms with van der Waals surface area (Å²) in [6, 6.07) is 13.3. The molecule has 12 heteroatoms. The van der Waals surface area contributed by atoms with E-state index in [1.807, 2.05) is 29.2 Å². The zero-order valence-electron chi connectivity index (χ0n) is 22.6. The molecule has 2 amide bonds. The highest BCUT2D eigenvalue weighted by Crippen LogP contribution is 2.42. The maximum absolute atomic E-state index is 13.4. The number of fused-ring (bicyclic) bond motifs is 1. The van der Waals surface area contributed by atoms with Gasteiger partial charge in [0.1, 0.15) is 5.75 Å². The number of benzene rings is 2. The number of hydrogen-bond donors (Lipinski definition) is 2. The first-order chi connectivity index (χ1) is 19.6. The molecule has 0 aromatic heterocycles. The highest BCUT2D eigenvalue weighted by atomic mass is 19.4. The molecule has 1 aliphatic carbocycles. The predicted octanol–water partition coefficient (Wildman–Crippen LogP) is 4.01. The number of hydrogen-bond acceptors (Lipinski definition) is 6. The van der Waals surface area contributed by atoms with Gasteiger partial charge in [0, 0.05) is 37.3 Å². The van der Waals surface area contributed by atoms with E-state index in [1.54, 1.807) is 0 Å². The van der Waals surface area contributed by atoms with Gasteiger partial charge in [0.25, 0.3) is 12.4 Å². The zero-order valence-corrected chi connectivity index (χ0v) is 22.6. The SMILES string of the molecule is O=C(CCc1ccc(OC(F)(F)F)cc1)N[C@@]12CCC[C@@H]1N(C(=O)c1ccc(N3CCOCC3)cc1)CC2.O=CO. The van der Waals surface area contributed by atoms with Crippen LogP contribution >= 0.6 is 0 Å². The number of alkyl halides is 3. The van der Waals surface area contributed by atoms with Crippen LogP contribution < -0.4 is 15.0 Å². The molecule has 0 radical (unpaired) electrons. The molecule has 0 unspecified atom stereocenters. The van der Waals surface area contributed by atoms with Gasteiger partial charge < -0.3 is 29.7 Å². The molecule has 2 heterocycles. The van der Waals surface area contributed by atoms with Gasteiger partial charge in [-0.05, 0) is 74.1 Å². The summed E-state index contributed by atoms with van der Waals surface area (Å²) in [5.74, 6) is -0.413. The lowest BCUT2D eigenvalue weighted by molar-refractivity contribution is -0.274. The van der Waals surface area contributed by atoms with Crippen LogP contribution in [0.4, 0.5) is 18.9 Å². The predicted molar refractivity (Wildman–Crippen MR) is 144 cm³/mol. The summed E-state index contributed by atoms with van der Waals surface area (Å²) >= 11 is 0. The van der Waals surface area contributed by atoms with E-state index >= 15 is 0 Å². The lowest BCUT2D eigenvalue weighted by atomic mass is 9.92. The molecular weight excluding hydrogens is 543 g/mol. The number of halogens is 3. The number of aryl methyl sites for hydroxylation is 1. The second kappa shape index (κ2) is 13.2. The smallest absolute Gasteiger partial charge is 0.483 e. The first-order valence-electron chi connectivity index (χ1n) is 13.6. The monoisotopic (exact) mass is 577 g/mol. The van der Waals surface area contributed by atoms with Crippen LogP contribution in [-0.2, 0) is 20.7 Å². The van der Waals surface area contributed by atoms with Crippen LogP contribution in [0.1, 0.15) is 48.0 Å². The Morgan fingerprint density at radius 3 is 2.34 bits per heavy atom. The van der Waals surface area contributed by atoms with E-state index in [0.717, 1.165) is 43.6 Å². The number of rotatable bonds is 7. The van der Waals surface area contributed by atoms with Crippen LogP contribution in [0.25, 0.3) is 0 Å². The molecule has 3 aliphatic rings. The normalized spacial score (nSPS) is 21.9. The fourth-order valence-electron chi connectivity index (χ4n) is 5.98. The van der Waals surface area contributed by atoms with Gasteiger partial charge in [0.2, 0.25) is 5.91 Å². The van der Waals surface area contributed by atoms with Crippen LogP contribution in [0.2, 0.25) is 0 Å². The number of ether oxygens (including phenoxy) is 2. The van der Waals surface area contributed by atoms with E-state index in [-0.39, 0.29) is 36.5 Å². The number of carbonyl (C=O) groups excluding carboxylic acids is 2. The summed E-state index contributed by atoms with van der Waals surface area (Å²) < 4.78 is 46.4. The van der Waals surface area contributed by atoms with Crippen molar-refractivity contribution in [1.82, 2.24) is 10.2 Å². The number of nitrogens with one attached hydrogen (secondary N) is 1. The molecule has 3 fully saturated rings. The van der Waals surface area contributed by atoms with E-state index in [4.69, 9.17) is 14.6 Å². The number of nitrogens with zero attached hydrogens (tertiary/aromatic N) is 2. The molecule has 41 heavy (non-hydrogen) atoms. The van der Waals surface area contributed by atoms with Crippen LogP contribution in [-0.4, -0.2) is 79.1 Å². The molecule has 2 aromatic carbocycles. The Balaban J connectivity index is 0.00000124.